The number of hydrogen-bond donors (Lipinski definition) is 1. The van der Waals surface area contributed by atoms with Crippen molar-refractivity contribution in [1.29, 1.82) is 0 Å². The number of halogens is 2. The first-order valence-electron chi connectivity index (χ1n) is 6.79. The van der Waals surface area contributed by atoms with Crippen molar-refractivity contribution < 1.29 is 14.6 Å². The molecule has 0 atom stereocenters. The summed E-state index contributed by atoms with van der Waals surface area (Å²) in [6, 6.07) is 5.04. The number of benzene rings is 1. The van der Waals surface area contributed by atoms with Gasteiger partial charge in [-0.1, -0.05) is 42.3 Å². The van der Waals surface area contributed by atoms with Gasteiger partial charge in [0, 0.05) is 24.4 Å². The molecule has 0 amide bonds. The van der Waals surface area contributed by atoms with Crippen molar-refractivity contribution in [2.75, 3.05) is 26.3 Å². The van der Waals surface area contributed by atoms with E-state index in [1.807, 2.05) is 11.8 Å². The van der Waals surface area contributed by atoms with E-state index in [1.165, 1.54) is 0 Å². The fraction of sp³-hybridized carbons (Fsp3) is 0.400. The van der Waals surface area contributed by atoms with Crippen molar-refractivity contribution in [3.8, 4) is 0 Å². The van der Waals surface area contributed by atoms with Crippen LogP contribution in [0.2, 0.25) is 10.0 Å². The topological polar surface area (TPSA) is 49.8 Å². The van der Waals surface area contributed by atoms with Gasteiger partial charge in [-0.05, 0) is 12.5 Å². The molecule has 4 nitrogen and oxygen atoms in total. The minimum atomic E-state index is -0.998. The number of hydrogen-bond acceptors (Lipinski definition) is 3. The van der Waals surface area contributed by atoms with Gasteiger partial charge in [-0.2, -0.15) is 0 Å². The Morgan fingerprint density at radius 2 is 2.00 bits per heavy atom. The van der Waals surface area contributed by atoms with Gasteiger partial charge in [0.25, 0.3) is 0 Å². The van der Waals surface area contributed by atoms with E-state index in [-0.39, 0.29) is 10.6 Å². The molecule has 0 bridgehead atoms. The van der Waals surface area contributed by atoms with Crippen LogP contribution in [-0.2, 0) is 9.53 Å². The number of aliphatic carboxylic acids is 1. The van der Waals surface area contributed by atoms with Gasteiger partial charge in [-0.3, -0.25) is 0 Å². The van der Waals surface area contributed by atoms with Crippen LogP contribution in [0.4, 0.5) is 0 Å². The molecule has 1 saturated heterocycles. The lowest BCUT2D eigenvalue weighted by Gasteiger charge is -2.32. The van der Waals surface area contributed by atoms with E-state index in [9.17, 15) is 9.90 Å². The summed E-state index contributed by atoms with van der Waals surface area (Å²) in [4.78, 5) is 13.8. The number of ether oxygens (including phenoxy) is 1. The summed E-state index contributed by atoms with van der Waals surface area (Å²) in [6.45, 7) is 4.49. The van der Waals surface area contributed by atoms with Crippen LogP contribution in [0.25, 0.3) is 5.57 Å². The maximum atomic E-state index is 11.8. The van der Waals surface area contributed by atoms with E-state index in [0.717, 1.165) is 5.70 Å². The van der Waals surface area contributed by atoms with E-state index < -0.39 is 5.97 Å². The Morgan fingerprint density at radius 1 is 1.33 bits per heavy atom. The molecule has 1 aliphatic rings. The number of carboxylic acids is 1. The Morgan fingerprint density at radius 3 is 2.57 bits per heavy atom. The van der Waals surface area contributed by atoms with Crippen molar-refractivity contribution >= 4 is 34.7 Å². The van der Waals surface area contributed by atoms with Crippen molar-refractivity contribution in [2.45, 2.75) is 13.3 Å². The standard InChI is InChI=1S/C15H17Cl2NO3/c1-2-12(18-6-8-21-9-7-18)13(15(19)20)10-4-3-5-11(16)14(10)17/h3-5H,2,6-9H2,1H3,(H,19,20). The second kappa shape index (κ2) is 7.16. The Kier molecular flexibility index (Phi) is 5.51. The molecule has 0 radical (unpaired) electrons. The van der Waals surface area contributed by atoms with Crippen molar-refractivity contribution in [2.24, 2.45) is 0 Å². The Balaban J connectivity index is 2.56. The molecule has 0 aromatic heterocycles. The molecule has 1 fully saturated rings. The summed E-state index contributed by atoms with van der Waals surface area (Å²) >= 11 is 12.2. The molecule has 0 aliphatic carbocycles. The normalized spacial score (nSPS) is 16.6. The number of rotatable bonds is 4. The molecule has 114 valence electrons. The van der Waals surface area contributed by atoms with Crippen LogP contribution in [0.1, 0.15) is 18.9 Å². The van der Waals surface area contributed by atoms with Crippen LogP contribution in [0.15, 0.2) is 23.9 Å². The van der Waals surface area contributed by atoms with Crippen LogP contribution < -0.4 is 0 Å². The van der Waals surface area contributed by atoms with E-state index in [1.54, 1.807) is 18.2 Å². The zero-order valence-corrected chi connectivity index (χ0v) is 13.2. The van der Waals surface area contributed by atoms with Gasteiger partial charge in [-0.15, -0.1) is 0 Å². The minimum Gasteiger partial charge on any atom is -0.478 e. The smallest absolute Gasteiger partial charge is 0.338 e. The highest BCUT2D eigenvalue weighted by molar-refractivity contribution is 6.44. The van der Waals surface area contributed by atoms with Crippen LogP contribution in [0.3, 0.4) is 0 Å². The summed E-state index contributed by atoms with van der Waals surface area (Å²) in [5, 5.41) is 10.3. The number of carboxylic acid groups (broad SMARTS) is 1. The maximum Gasteiger partial charge on any atom is 0.338 e. The highest BCUT2D eigenvalue weighted by Gasteiger charge is 2.24. The Labute approximate surface area is 133 Å². The first kappa shape index (κ1) is 16.1. The first-order valence-corrected chi connectivity index (χ1v) is 7.55. The van der Waals surface area contributed by atoms with Crippen molar-refractivity contribution in [1.82, 2.24) is 4.90 Å². The average molecular weight is 330 g/mol. The van der Waals surface area contributed by atoms with Gasteiger partial charge in [-0.25, -0.2) is 4.79 Å². The molecule has 1 heterocycles. The zero-order valence-electron chi connectivity index (χ0n) is 11.7. The predicted molar refractivity (Wildman–Crippen MR) is 83.7 cm³/mol. The summed E-state index contributed by atoms with van der Waals surface area (Å²) in [7, 11) is 0. The van der Waals surface area contributed by atoms with E-state index >= 15 is 0 Å². The zero-order chi connectivity index (χ0) is 15.4. The van der Waals surface area contributed by atoms with Crippen molar-refractivity contribution in [3.63, 3.8) is 0 Å². The highest BCUT2D eigenvalue weighted by atomic mass is 35.5. The predicted octanol–water partition coefficient (Wildman–Crippen LogP) is 3.53. The average Bonchev–Trinajstić information content (AvgIpc) is 2.48. The van der Waals surface area contributed by atoms with Crippen LogP contribution in [-0.4, -0.2) is 42.3 Å². The van der Waals surface area contributed by atoms with Crippen molar-refractivity contribution in [3.05, 3.63) is 39.5 Å². The van der Waals surface area contributed by atoms with Gasteiger partial charge in [0.05, 0.1) is 28.8 Å². The lowest BCUT2D eigenvalue weighted by atomic mass is 10.0. The molecular weight excluding hydrogens is 313 g/mol. The van der Waals surface area contributed by atoms with Gasteiger partial charge in [0.2, 0.25) is 0 Å². The third-order valence-corrected chi connectivity index (χ3v) is 4.27. The number of morpholine rings is 1. The third-order valence-electron chi connectivity index (χ3n) is 3.45. The summed E-state index contributed by atoms with van der Waals surface area (Å²) in [6.07, 6.45) is 0.602. The largest absolute Gasteiger partial charge is 0.478 e. The lowest BCUT2D eigenvalue weighted by Crippen LogP contribution is -2.36. The Bertz CT molecular complexity index is 566. The van der Waals surface area contributed by atoms with Crippen LogP contribution in [0, 0.1) is 0 Å². The monoisotopic (exact) mass is 329 g/mol. The molecule has 1 aliphatic heterocycles. The van der Waals surface area contributed by atoms with Crippen LogP contribution >= 0.6 is 23.2 Å². The van der Waals surface area contributed by atoms with Gasteiger partial charge in [0.15, 0.2) is 0 Å². The molecule has 0 saturated carbocycles. The number of allylic oxidation sites excluding steroid dienone is 1. The molecular formula is C15H17Cl2NO3. The molecule has 2 rings (SSSR count). The molecule has 1 N–H and O–H groups in total. The van der Waals surface area contributed by atoms with Gasteiger partial charge >= 0.3 is 5.97 Å². The minimum absolute atomic E-state index is 0.215. The second-order valence-corrected chi connectivity index (χ2v) is 5.47. The molecule has 1 aromatic rings. The van der Waals surface area contributed by atoms with E-state index in [0.29, 0.717) is 43.3 Å². The quantitative estimate of drug-likeness (QED) is 0.858. The molecule has 0 unspecified atom stereocenters. The summed E-state index contributed by atoms with van der Waals surface area (Å²) in [5.74, 6) is -0.998. The third kappa shape index (κ3) is 3.51. The lowest BCUT2D eigenvalue weighted by molar-refractivity contribution is -0.130. The maximum absolute atomic E-state index is 11.8. The highest BCUT2D eigenvalue weighted by Crippen LogP contribution is 2.34. The second-order valence-electron chi connectivity index (χ2n) is 4.68. The fourth-order valence-electron chi connectivity index (χ4n) is 2.48. The van der Waals surface area contributed by atoms with E-state index in [2.05, 4.69) is 0 Å². The van der Waals surface area contributed by atoms with Gasteiger partial charge in [0.1, 0.15) is 0 Å². The number of carbonyl (C=O) groups is 1. The molecule has 1 aromatic carbocycles. The SMILES string of the molecule is CCC(=C(C(=O)O)c1cccc(Cl)c1Cl)N1CCOCC1. The summed E-state index contributed by atoms with van der Waals surface area (Å²) in [5.41, 5.74) is 1.43. The molecule has 6 heteroatoms. The van der Waals surface area contributed by atoms with Gasteiger partial charge < -0.3 is 14.7 Å². The van der Waals surface area contributed by atoms with Crippen LogP contribution in [0.5, 0.6) is 0 Å². The Hall–Kier alpha value is -1.23. The molecule has 0 spiro atoms. The fourth-order valence-corrected chi connectivity index (χ4v) is 2.88. The molecule has 21 heavy (non-hydrogen) atoms. The number of nitrogens with zero attached hydrogens (tertiary/aromatic N) is 1. The summed E-state index contributed by atoms with van der Waals surface area (Å²) < 4.78 is 5.32. The van der Waals surface area contributed by atoms with E-state index in [4.69, 9.17) is 27.9 Å². The first-order chi connectivity index (χ1) is 10.1.